The fourth-order valence-electron chi connectivity index (χ4n) is 4.62. The summed E-state index contributed by atoms with van der Waals surface area (Å²) in [4.78, 5) is 9.09. The van der Waals surface area contributed by atoms with Gasteiger partial charge in [-0.1, -0.05) is 29.8 Å². The van der Waals surface area contributed by atoms with Crippen molar-refractivity contribution in [3.63, 3.8) is 0 Å². The Morgan fingerprint density at radius 3 is 2.54 bits per heavy atom. The van der Waals surface area contributed by atoms with Crippen molar-refractivity contribution >= 4 is 11.0 Å². The Labute approximate surface area is 215 Å². The first-order valence-corrected chi connectivity index (χ1v) is 12.3. The van der Waals surface area contributed by atoms with E-state index in [2.05, 4.69) is 64.9 Å². The molecule has 6 aromatic rings. The summed E-state index contributed by atoms with van der Waals surface area (Å²) in [5, 5.41) is 4.34. The lowest BCUT2D eigenvalue weighted by Gasteiger charge is -2.14. The Morgan fingerprint density at radius 1 is 0.919 bits per heavy atom. The maximum atomic E-state index is 6.22. The second kappa shape index (κ2) is 9.43. The highest BCUT2D eigenvalue weighted by molar-refractivity contribution is 5.82. The molecule has 0 saturated heterocycles. The number of ether oxygens (including phenoxy) is 1. The standard InChI is InChI=1S/C30H28N6O/c1-21-4-5-22(2)24(14-21)18-36-29-15-23(25-16-32-34(3)17-25)6-11-28(29)33-30(36)19-37-27-9-7-26(8-10-27)35-13-12-31-20-35/h4-17,20H,18-19H2,1-3H3. The SMILES string of the molecule is Cc1ccc(C)c(Cn2c(COc3ccc(-n4ccnc4)cc3)nc3ccc(-c4cnn(C)c4)cc32)c1. The lowest BCUT2D eigenvalue weighted by molar-refractivity contribution is 0.291. The number of fused-ring (bicyclic) bond motifs is 1. The van der Waals surface area contributed by atoms with Gasteiger partial charge in [-0.2, -0.15) is 5.10 Å². The van der Waals surface area contributed by atoms with Gasteiger partial charge in [-0.25, -0.2) is 9.97 Å². The molecule has 0 atom stereocenters. The van der Waals surface area contributed by atoms with E-state index in [1.54, 1.807) is 12.5 Å². The Kier molecular flexibility index (Phi) is 5.81. The molecule has 0 aliphatic heterocycles. The lowest BCUT2D eigenvalue weighted by Crippen LogP contribution is -2.09. The summed E-state index contributed by atoms with van der Waals surface area (Å²) < 4.78 is 12.3. The first-order chi connectivity index (χ1) is 18.0. The molecule has 0 radical (unpaired) electrons. The zero-order chi connectivity index (χ0) is 25.4. The van der Waals surface area contributed by atoms with E-state index >= 15 is 0 Å². The summed E-state index contributed by atoms with van der Waals surface area (Å²) in [6.45, 7) is 5.38. The normalized spacial score (nSPS) is 11.3. The zero-order valence-corrected chi connectivity index (χ0v) is 21.2. The molecule has 184 valence electrons. The van der Waals surface area contributed by atoms with Crippen LogP contribution in [0.2, 0.25) is 0 Å². The molecule has 7 nitrogen and oxygen atoms in total. The van der Waals surface area contributed by atoms with E-state index in [0.29, 0.717) is 6.61 Å². The van der Waals surface area contributed by atoms with E-state index in [1.165, 1.54) is 16.7 Å². The van der Waals surface area contributed by atoms with Crippen molar-refractivity contribution in [2.45, 2.75) is 27.0 Å². The van der Waals surface area contributed by atoms with Gasteiger partial charge in [0.25, 0.3) is 0 Å². The number of benzene rings is 3. The topological polar surface area (TPSA) is 62.7 Å². The van der Waals surface area contributed by atoms with Crippen LogP contribution in [0.4, 0.5) is 0 Å². The maximum Gasteiger partial charge on any atom is 0.148 e. The predicted molar refractivity (Wildman–Crippen MR) is 145 cm³/mol. The lowest BCUT2D eigenvalue weighted by atomic mass is 10.1. The van der Waals surface area contributed by atoms with E-state index in [1.807, 2.05) is 59.2 Å². The van der Waals surface area contributed by atoms with Gasteiger partial charge in [-0.3, -0.25) is 4.68 Å². The molecular weight excluding hydrogens is 460 g/mol. The first-order valence-electron chi connectivity index (χ1n) is 12.3. The number of aromatic nitrogens is 6. The molecule has 0 N–H and O–H groups in total. The summed E-state index contributed by atoms with van der Waals surface area (Å²) >= 11 is 0. The highest BCUT2D eigenvalue weighted by Crippen LogP contribution is 2.27. The van der Waals surface area contributed by atoms with Crippen LogP contribution in [0.3, 0.4) is 0 Å². The van der Waals surface area contributed by atoms with Crippen LogP contribution in [-0.2, 0) is 20.2 Å². The minimum atomic E-state index is 0.367. The maximum absolute atomic E-state index is 6.22. The van der Waals surface area contributed by atoms with Gasteiger partial charge in [0.1, 0.15) is 18.2 Å². The van der Waals surface area contributed by atoms with Crippen molar-refractivity contribution in [3.8, 4) is 22.6 Å². The number of imidazole rings is 2. The summed E-state index contributed by atoms with van der Waals surface area (Å²) in [5.74, 6) is 1.68. The average molecular weight is 489 g/mol. The number of aryl methyl sites for hydroxylation is 3. The molecule has 0 bridgehead atoms. The second-order valence-electron chi connectivity index (χ2n) is 9.40. The first kappa shape index (κ1) is 22.8. The molecule has 0 spiro atoms. The largest absolute Gasteiger partial charge is 0.486 e. The smallest absolute Gasteiger partial charge is 0.148 e. The molecule has 6 rings (SSSR count). The Hall–Kier alpha value is -4.65. The van der Waals surface area contributed by atoms with Crippen LogP contribution in [0, 0.1) is 13.8 Å². The van der Waals surface area contributed by atoms with Gasteiger partial charge in [-0.15, -0.1) is 0 Å². The monoisotopic (exact) mass is 488 g/mol. The van der Waals surface area contributed by atoms with Crippen molar-refractivity contribution in [1.82, 2.24) is 28.9 Å². The van der Waals surface area contributed by atoms with Gasteiger partial charge in [0.05, 0.1) is 23.6 Å². The Balaban J connectivity index is 1.35. The molecule has 3 heterocycles. The third-order valence-electron chi connectivity index (χ3n) is 6.71. The number of nitrogens with zero attached hydrogens (tertiary/aromatic N) is 6. The Bertz CT molecular complexity index is 1680. The third-order valence-corrected chi connectivity index (χ3v) is 6.71. The van der Waals surface area contributed by atoms with Gasteiger partial charge < -0.3 is 13.9 Å². The van der Waals surface area contributed by atoms with Crippen molar-refractivity contribution in [2.24, 2.45) is 7.05 Å². The van der Waals surface area contributed by atoms with Crippen molar-refractivity contribution in [2.75, 3.05) is 0 Å². The summed E-state index contributed by atoms with van der Waals surface area (Å²) in [6, 6.07) is 21.0. The third kappa shape index (κ3) is 4.63. The van der Waals surface area contributed by atoms with Crippen LogP contribution < -0.4 is 4.74 Å². The predicted octanol–water partition coefficient (Wildman–Crippen LogP) is 5.87. The van der Waals surface area contributed by atoms with Crippen molar-refractivity contribution in [3.05, 3.63) is 114 Å². The van der Waals surface area contributed by atoms with Crippen LogP contribution in [0.25, 0.3) is 27.8 Å². The quantitative estimate of drug-likeness (QED) is 0.282. The number of hydrogen-bond donors (Lipinski definition) is 0. The molecule has 0 fully saturated rings. The summed E-state index contributed by atoms with van der Waals surface area (Å²) in [5.41, 5.74) is 9.05. The van der Waals surface area contributed by atoms with E-state index in [-0.39, 0.29) is 0 Å². The van der Waals surface area contributed by atoms with E-state index in [9.17, 15) is 0 Å². The highest BCUT2D eigenvalue weighted by atomic mass is 16.5. The van der Waals surface area contributed by atoms with Crippen molar-refractivity contribution < 1.29 is 4.74 Å². The molecule has 3 aromatic carbocycles. The van der Waals surface area contributed by atoms with Gasteiger partial charge in [-0.05, 0) is 66.9 Å². The van der Waals surface area contributed by atoms with E-state index in [4.69, 9.17) is 9.72 Å². The molecule has 0 unspecified atom stereocenters. The molecular formula is C30H28N6O. The van der Waals surface area contributed by atoms with E-state index in [0.717, 1.165) is 46.0 Å². The van der Waals surface area contributed by atoms with Gasteiger partial charge in [0.2, 0.25) is 0 Å². The fourth-order valence-corrected chi connectivity index (χ4v) is 4.62. The van der Waals surface area contributed by atoms with Crippen LogP contribution in [0.5, 0.6) is 5.75 Å². The van der Waals surface area contributed by atoms with Crippen LogP contribution >= 0.6 is 0 Å². The second-order valence-corrected chi connectivity index (χ2v) is 9.40. The molecule has 0 aliphatic carbocycles. The molecule has 0 aliphatic rings. The molecule has 37 heavy (non-hydrogen) atoms. The molecule has 3 aromatic heterocycles. The zero-order valence-electron chi connectivity index (χ0n) is 21.2. The van der Waals surface area contributed by atoms with Crippen molar-refractivity contribution in [1.29, 1.82) is 0 Å². The van der Waals surface area contributed by atoms with Crippen LogP contribution in [0.1, 0.15) is 22.5 Å². The summed E-state index contributed by atoms with van der Waals surface area (Å²) in [7, 11) is 1.93. The molecule has 0 amide bonds. The van der Waals surface area contributed by atoms with Gasteiger partial charge in [0.15, 0.2) is 0 Å². The fraction of sp³-hybridized carbons (Fsp3) is 0.167. The Morgan fingerprint density at radius 2 is 1.78 bits per heavy atom. The van der Waals surface area contributed by atoms with E-state index < -0.39 is 0 Å². The van der Waals surface area contributed by atoms with Crippen LogP contribution in [-0.4, -0.2) is 28.9 Å². The van der Waals surface area contributed by atoms with Gasteiger partial charge >= 0.3 is 0 Å². The highest BCUT2D eigenvalue weighted by Gasteiger charge is 2.15. The average Bonchev–Trinajstić information content (AvgIpc) is 3.66. The molecule has 0 saturated carbocycles. The van der Waals surface area contributed by atoms with Gasteiger partial charge in [0, 0.05) is 43.4 Å². The number of hydrogen-bond acceptors (Lipinski definition) is 4. The summed E-state index contributed by atoms with van der Waals surface area (Å²) in [6.07, 6.45) is 9.40. The van der Waals surface area contributed by atoms with Crippen LogP contribution in [0.15, 0.2) is 91.8 Å². The number of rotatable bonds is 7. The minimum Gasteiger partial charge on any atom is -0.486 e. The minimum absolute atomic E-state index is 0.367. The molecule has 7 heteroatoms.